The van der Waals surface area contributed by atoms with E-state index in [-0.39, 0.29) is 23.8 Å². The maximum atomic E-state index is 11.2. The Labute approximate surface area is 70.1 Å². The standard InChI is InChI=1S/C9H10O3/c10-8-6-4-1-2-5(3-4)7(6)9(11)12-8/h4-7H,1-3H2/t4-,5?,6?,7-/m1/s1. The Morgan fingerprint density at radius 2 is 1.50 bits per heavy atom. The van der Waals surface area contributed by atoms with Crippen LogP contribution in [-0.2, 0) is 14.3 Å². The van der Waals surface area contributed by atoms with E-state index in [1.807, 2.05) is 0 Å². The molecule has 0 radical (unpaired) electrons. The van der Waals surface area contributed by atoms with Crippen LogP contribution >= 0.6 is 0 Å². The van der Waals surface area contributed by atoms with Crippen molar-refractivity contribution in [2.75, 3.05) is 0 Å². The summed E-state index contributed by atoms with van der Waals surface area (Å²) in [5.41, 5.74) is 0. The van der Waals surface area contributed by atoms with Crippen molar-refractivity contribution in [3.05, 3.63) is 0 Å². The van der Waals surface area contributed by atoms with Crippen LogP contribution < -0.4 is 0 Å². The second kappa shape index (κ2) is 1.90. The van der Waals surface area contributed by atoms with Gasteiger partial charge in [0, 0.05) is 0 Å². The summed E-state index contributed by atoms with van der Waals surface area (Å²) >= 11 is 0. The highest BCUT2D eigenvalue weighted by atomic mass is 16.6. The second-order valence-electron chi connectivity index (χ2n) is 4.12. The average molecular weight is 166 g/mol. The van der Waals surface area contributed by atoms with Gasteiger partial charge in [-0.05, 0) is 31.1 Å². The third-order valence-electron chi connectivity index (χ3n) is 3.66. The van der Waals surface area contributed by atoms with Gasteiger partial charge in [-0.15, -0.1) is 0 Å². The van der Waals surface area contributed by atoms with E-state index in [1.165, 1.54) is 0 Å². The van der Waals surface area contributed by atoms with Gasteiger partial charge < -0.3 is 4.74 Å². The molecule has 1 aliphatic heterocycles. The van der Waals surface area contributed by atoms with E-state index in [1.54, 1.807) is 0 Å². The molecule has 2 aliphatic carbocycles. The van der Waals surface area contributed by atoms with Crippen molar-refractivity contribution in [2.24, 2.45) is 23.7 Å². The highest BCUT2D eigenvalue weighted by Crippen LogP contribution is 2.55. The van der Waals surface area contributed by atoms with Gasteiger partial charge in [-0.2, -0.15) is 0 Å². The molecule has 64 valence electrons. The molecular weight excluding hydrogens is 156 g/mol. The van der Waals surface area contributed by atoms with Crippen LogP contribution in [0.3, 0.4) is 0 Å². The fourth-order valence-corrected chi connectivity index (χ4v) is 3.20. The van der Waals surface area contributed by atoms with Crippen molar-refractivity contribution in [3.63, 3.8) is 0 Å². The Hall–Kier alpha value is -0.860. The van der Waals surface area contributed by atoms with Crippen molar-refractivity contribution in [1.82, 2.24) is 0 Å². The minimum atomic E-state index is -0.253. The smallest absolute Gasteiger partial charge is 0.317 e. The third kappa shape index (κ3) is 0.586. The maximum absolute atomic E-state index is 11.2. The minimum absolute atomic E-state index is 0.0590. The molecule has 3 aliphatic rings. The number of hydrogen-bond donors (Lipinski definition) is 0. The van der Waals surface area contributed by atoms with Gasteiger partial charge in [-0.25, -0.2) is 0 Å². The average Bonchev–Trinajstić information content (AvgIpc) is 2.64. The van der Waals surface area contributed by atoms with Crippen LogP contribution in [0, 0.1) is 23.7 Å². The Kier molecular flexibility index (Phi) is 1.05. The summed E-state index contributed by atoms with van der Waals surface area (Å²) in [5.74, 6) is 0.291. The Bertz CT molecular complexity index is 245. The van der Waals surface area contributed by atoms with Crippen LogP contribution in [0.25, 0.3) is 0 Å². The zero-order valence-corrected chi connectivity index (χ0v) is 6.66. The SMILES string of the molecule is O=C1OC(=O)[C@@H]2C3CC[C@H](C3)C12. The molecule has 2 unspecified atom stereocenters. The molecule has 1 heterocycles. The van der Waals surface area contributed by atoms with E-state index in [0.29, 0.717) is 11.8 Å². The molecule has 3 heteroatoms. The lowest BCUT2D eigenvalue weighted by atomic mass is 9.81. The molecule has 3 nitrogen and oxygen atoms in total. The van der Waals surface area contributed by atoms with Gasteiger partial charge in [0.1, 0.15) is 0 Å². The molecule has 4 atom stereocenters. The highest BCUT2D eigenvalue weighted by molar-refractivity contribution is 5.97. The Morgan fingerprint density at radius 3 is 2.00 bits per heavy atom. The van der Waals surface area contributed by atoms with Crippen LogP contribution in [0.4, 0.5) is 0 Å². The van der Waals surface area contributed by atoms with Crippen molar-refractivity contribution in [2.45, 2.75) is 19.3 Å². The van der Waals surface area contributed by atoms with Gasteiger partial charge in [0.25, 0.3) is 0 Å². The molecule has 0 N–H and O–H groups in total. The lowest BCUT2D eigenvalue weighted by molar-refractivity contribution is -0.154. The van der Waals surface area contributed by atoms with Crippen molar-refractivity contribution in [1.29, 1.82) is 0 Å². The summed E-state index contributed by atoms with van der Waals surface area (Å²) in [6.45, 7) is 0. The normalized spacial score (nSPS) is 49.7. The molecule has 0 spiro atoms. The minimum Gasteiger partial charge on any atom is -0.393 e. The first kappa shape index (κ1) is 6.63. The molecule has 2 bridgehead atoms. The van der Waals surface area contributed by atoms with E-state index in [4.69, 9.17) is 0 Å². The van der Waals surface area contributed by atoms with Crippen LogP contribution in [-0.4, -0.2) is 11.9 Å². The number of ether oxygens (including phenoxy) is 1. The van der Waals surface area contributed by atoms with Gasteiger partial charge in [-0.1, -0.05) is 0 Å². The largest absolute Gasteiger partial charge is 0.393 e. The zero-order chi connectivity index (χ0) is 8.29. The van der Waals surface area contributed by atoms with E-state index < -0.39 is 0 Å². The van der Waals surface area contributed by atoms with Crippen LogP contribution in [0.15, 0.2) is 0 Å². The Morgan fingerprint density at radius 1 is 1.00 bits per heavy atom. The van der Waals surface area contributed by atoms with Crippen molar-refractivity contribution >= 4 is 11.9 Å². The van der Waals surface area contributed by atoms with Crippen molar-refractivity contribution < 1.29 is 14.3 Å². The molecule has 1 saturated heterocycles. The topological polar surface area (TPSA) is 43.4 Å². The lowest BCUT2D eigenvalue weighted by Crippen LogP contribution is -2.24. The summed E-state index contributed by atoms with van der Waals surface area (Å²) in [6, 6.07) is 0. The fourth-order valence-electron chi connectivity index (χ4n) is 3.20. The second-order valence-corrected chi connectivity index (χ2v) is 4.12. The molecule has 12 heavy (non-hydrogen) atoms. The van der Waals surface area contributed by atoms with E-state index >= 15 is 0 Å². The summed E-state index contributed by atoms with van der Waals surface area (Å²) in [4.78, 5) is 22.4. The zero-order valence-electron chi connectivity index (χ0n) is 6.66. The third-order valence-corrected chi connectivity index (χ3v) is 3.66. The first-order chi connectivity index (χ1) is 5.77. The number of rotatable bonds is 0. The molecule has 0 aromatic carbocycles. The molecule has 0 aromatic heterocycles. The molecule has 3 rings (SSSR count). The van der Waals surface area contributed by atoms with Gasteiger partial charge in [0.2, 0.25) is 0 Å². The van der Waals surface area contributed by atoms with E-state index in [2.05, 4.69) is 4.74 Å². The maximum Gasteiger partial charge on any atom is 0.317 e. The van der Waals surface area contributed by atoms with Gasteiger partial charge in [0.15, 0.2) is 0 Å². The van der Waals surface area contributed by atoms with Crippen LogP contribution in [0.1, 0.15) is 19.3 Å². The van der Waals surface area contributed by atoms with Gasteiger partial charge in [0.05, 0.1) is 11.8 Å². The quantitative estimate of drug-likeness (QED) is 0.393. The monoisotopic (exact) mass is 166 g/mol. The van der Waals surface area contributed by atoms with Crippen LogP contribution in [0.5, 0.6) is 0 Å². The number of cyclic esters (lactones) is 2. The first-order valence-electron chi connectivity index (χ1n) is 4.53. The Balaban J connectivity index is 2.03. The van der Waals surface area contributed by atoms with Gasteiger partial charge >= 0.3 is 11.9 Å². The molecule has 3 fully saturated rings. The summed E-state index contributed by atoms with van der Waals surface area (Å²) in [5, 5.41) is 0. The number of hydrogen-bond acceptors (Lipinski definition) is 3. The molecular formula is C9H10O3. The van der Waals surface area contributed by atoms with E-state index in [9.17, 15) is 9.59 Å². The van der Waals surface area contributed by atoms with Crippen molar-refractivity contribution in [3.8, 4) is 0 Å². The lowest BCUT2D eigenvalue weighted by Gasteiger charge is -2.17. The number of esters is 2. The number of carbonyl (C=O) groups excluding carboxylic acids is 2. The molecule has 0 amide bonds. The summed E-state index contributed by atoms with van der Waals surface area (Å²) in [6.07, 6.45) is 3.32. The summed E-state index contributed by atoms with van der Waals surface area (Å²) < 4.78 is 4.63. The molecule has 2 saturated carbocycles. The first-order valence-corrected chi connectivity index (χ1v) is 4.53. The summed E-state index contributed by atoms with van der Waals surface area (Å²) in [7, 11) is 0. The fraction of sp³-hybridized carbons (Fsp3) is 0.778. The van der Waals surface area contributed by atoms with Crippen LogP contribution in [0.2, 0.25) is 0 Å². The van der Waals surface area contributed by atoms with Gasteiger partial charge in [-0.3, -0.25) is 9.59 Å². The predicted octanol–water partition coefficient (Wildman–Crippen LogP) is 0.732. The molecule has 0 aromatic rings. The predicted molar refractivity (Wildman–Crippen MR) is 38.9 cm³/mol. The van der Waals surface area contributed by atoms with E-state index in [0.717, 1.165) is 19.3 Å². The highest BCUT2D eigenvalue weighted by Gasteiger charge is 2.59. The number of carbonyl (C=O) groups is 2. The number of fused-ring (bicyclic) bond motifs is 5.